The minimum atomic E-state index is 0.0591. The number of allylic oxidation sites excluding steroid dienone is 1. The number of carbonyl (C=O) groups excluding carboxylic acids is 1. The van der Waals surface area contributed by atoms with E-state index >= 15 is 0 Å². The smallest absolute Gasteiger partial charge is 0.306 e. The molecule has 0 bridgehead atoms. The second-order valence-corrected chi connectivity index (χ2v) is 16.2. The average molecular weight is 569 g/mol. The van der Waals surface area contributed by atoms with Crippen LogP contribution < -0.4 is 0 Å². The molecule has 0 saturated heterocycles. The molecule has 3 fully saturated rings. The molecule has 0 amide bonds. The van der Waals surface area contributed by atoms with Crippen molar-refractivity contribution >= 4 is 5.97 Å². The van der Waals surface area contributed by atoms with Gasteiger partial charge in [-0.1, -0.05) is 124 Å². The Hall–Kier alpha value is -0.790. The van der Waals surface area contributed by atoms with Crippen LogP contribution in [-0.2, 0) is 9.53 Å². The van der Waals surface area contributed by atoms with E-state index in [1.54, 1.807) is 5.57 Å². The SMILES string of the molecule is CCCCCCCCCCCC(=O)O[C@@H]1CC[C@@]2(C)C(=CC[C@H]3[C@@H]4CC[C@H]([C@H](C)CCCC(C)C)[C@@]4(C)CC[C@@H]32)C1. The van der Waals surface area contributed by atoms with Crippen molar-refractivity contribution < 1.29 is 9.53 Å². The molecule has 0 radical (unpaired) electrons. The standard InChI is InChI=1S/C39H68O2/c1-7-8-9-10-11-12-13-14-15-19-37(40)41-32-24-26-38(5)31(28-32)20-21-33-35-23-22-34(30(4)18-16-17-29(2)3)39(35,6)27-25-36(33)38/h20,29-30,32-36H,7-19,21-28H2,1-6H3/t30-,32-,33+,34-,35+,36+,38+,39-/m1/s1. The number of fused-ring (bicyclic) bond motifs is 5. The maximum absolute atomic E-state index is 12.7. The van der Waals surface area contributed by atoms with Gasteiger partial charge in [0.2, 0.25) is 0 Å². The lowest BCUT2D eigenvalue weighted by molar-refractivity contribution is -0.151. The summed E-state index contributed by atoms with van der Waals surface area (Å²) in [4.78, 5) is 12.7. The highest BCUT2D eigenvalue weighted by molar-refractivity contribution is 5.69. The molecule has 236 valence electrons. The second kappa shape index (κ2) is 15.3. The van der Waals surface area contributed by atoms with Crippen LogP contribution in [0.25, 0.3) is 0 Å². The molecule has 4 rings (SSSR count). The molecule has 4 aliphatic rings. The van der Waals surface area contributed by atoms with Crippen molar-refractivity contribution in [3.8, 4) is 0 Å². The fourth-order valence-corrected chi connectivity index (χ4v) is 10.6. The van der Waals surface area contributed by atoms with Crippen LogP contribution in [-0.4, -0.2) is 12.1 Å². The Morgan fingerprint density at radius 2 is 1.56 bits per heavy atom. The molecule has 0 aliphatic heterocycles. The van der Waals surface area contributed by atoms with Gasteiger partial charge in [-0.15, -0.1) is 0 Å². The van der Waals surface area contributed by atoms with Gasteiger partial charge in [0.1, 0.15) is 6.10 Å². The maximum atomic E-state index is 12.7. The van der Waals surface area contributed by atoms with E-state index in [4.69, 9.17) is 4.74 Å². The van der Waals surface area contributed by atoms with Gasteiger partial charge in [-0.25, -0.2) is 0 Å². The minimum absolute atomic E-state index is 0.0591. The van der Waals surface area contributed by atoms with Crippen LogP contribution >= 0.6 is 0 Å². The number of rotatable bonds is 16. The van der Waals surface area contributed by atoms with E-state index < -0.39 is 0 Å². The van der Waals surface area contributed by atoms with Gasteiger partial charge in [0.05, 0.1) is 0 Å². The van der Waals surface area contributed by atoms with Gasteiger partial charge in [-0.3, -0.25) is 4.79 Å². The Labute approximate surface area is 255 Å². The third-order valence-electron chi connectivity index (χ3n) is 13.0. The molecule has 0 N–H and O–H groups in total. The van der Waals surface area contributed by atoms with Crippen LogP contribution in [0, 0.1) is 46.3 Å². The van der Waals surface area contributed by atoms with Crippen molar-refractivity contribution in [2.45, 2.75) is 182 Å². The third-order valence-corrected chi connectivity index (χ3v) is 13.0. The van der Waals surface area contributed by atoms with Crippen LogP contribution in [0.5, 0.6) is 0 Å². The summed E-state index contributed by atoms with van der Waals surface area (Å²) in [7, 11) is 0. The van der Waals surface area contributed by atoms with E-state index in [9.17, 15) is 4.79 Å². The Balaban J connectivity index is 1.24. The van der Waals surface area contributed by atoms with Crippen LogP contribution in [0.15, 0.2) is 11.6 Å². The maximum Gasteiger partial charge on any atom is 0.306 e. The van der Waals surface area contributed by atoms with E-state index in [1.807, 2.05) is 0 Å². The Morgan fingerprint density at radius 3 is 2.27 bits per heavy atom. The van der Waals surface area contributed by atoms with Crippen molar-refractivity contribution in [2.24, 2.45) is 46.3 Å². The number of unbranched alkanes of at least 4 members (excludes halogenated alkanes) is 8. The molecule has 0 heterocycles. The number of ether oxygens (including phenoxy) is 1. The summed E-state index contributed by atoms with van der Waals surface area (Å²) in [6, 6.07) is 0. The highest BCUT2D eigenvalue weighted by Crippen LogP contribution is 2.67. The molecule has 0 aromatic carbocycles. The number of hydrogen-bond donors (Lipinski definition) is 0. The molecular formula is C39H68O2. The van der Waals surface area contributed by atoms with Crippen LogP contribution in [0.2, 0.25) is 0 Å². The van der Waals surface area contributed by atoms with E-state index in [1.165, 1.54) is 109 Å². The highest BCUT2D eigenvalue weighted by atomic mass is 16.5. The zero-order valence-electron chi connectivity index (χ0n) is 28.3. The van der Waals surface area contributed by atoms with Crippen molar-refractivity contribution in [1.29, 1.82) is 0 Å². The van der Waals surface area contributed by atoms with Gasteiger partial charge < -0.3 is 4.74 Å². The summed E-state index contributed by atoms with van der Waals surface area (Å²) in [6.45, 7) is 14.9. The lowest BCUT2D eigenvalue weighted by Gasteiger charge is -2.58. The van der Waals surface area contributed by atoms with Gasteiger partial charge in [0.25, 0.3) is 0 Å². The van der Waals surface area contributed by atoms with Crippen LogP contribution in [0.4, 0.5) is 0 Å². The van der Waals surface area contributed by atoms with Crippen LogP contribution in [0.3, 0.4) is 0 Å². The molecule has 0 unspecified atom stereocenters. The van der Waals surface area contributed by atoms with Crippen molar-refractivity contribution in [3.63, 3.8) is 0 Å². The zero-order valence-corrected chi connectivity index (χ0v) is 28.3. The predicted octanol–water partition coefficient (Wildman–Crippen LogP) is 11.9. The molecule has 0 spiro atoms. The fourth-order valence-electron chi connectivity index (χ4n) is 10.6. The monoisotopic (exact) mass is 569 g/mol. The summed E-state index contributed by atoms with van der Waals surface area (Å²) in [5.74, 6) is 5.34. The Bertz CT molecular complexity index is 843. The van der Waals surface area contributed by atoms with E-state index in [0.717, 1.165) is 54.8 Å². The molecule has 8 atom stereocenters. The molecule has 2 nitrogen and oxygen atoms in total. The quantitative estimate of drug-likeness (QED) is 0.105. The minimum Gasteiger partial charge on any atom is -0.462 e. The predicted molar refractivity (Wildman–Crippen MR) is 175 cm³/mol. The summed E-state index contributed by atoms with van der Waals surface area (Å²) < 4.78 is 6.09. The van der Waals surface area contributed by atoms with Crippen molar-refractivity contribution in [1.82, 2.24) is 0 Å². The molecule has 0 aromatic rings. The normalized spacial score (nSPS) is 35.4. The summed E-state index contributed by atoms with van der Waals surface area (Å²) >= 11 is 0. The van der Waals surface area contributed by atoms with Crippen LogP contribution in [0.1, 0.15) is 176 Å². The first-order valence-corrected chi connectivity index (χ1v) is 18.6. The molecule has 0 aromatic heterocycles. The lowest BCUT2D eigenvalue weighted by Crippen LogP contribution is -2.51. The van der Waals surface area contributed by atoms with E-state index in [-0.39, 0.29) is 12.1 Å². The first kappa shape index (κ1) is 33.1. The molecule has 4 aliphatic carbocycles. The van der Waals surface area contributed by atoms with Gasteiger partial charge in [-0.2, -0.15) is 0 Å². The van der Waals surface area contributed by atoms with Crippen molar-refractivity contribution in [3.05, 3.63) is 11.6 Å². The largest absolute Gasteiger partial charge is 0.462 e. The molecule has 3 saturated carbocycles. The summed E-state index contributed by atoms with van der Waals surface area (Å²) in [6.07, 6.45) is 29.6. The molecular weight excluding hydrogens is 500 g/mol. The van der Waals surface area contributed by atoms with Gasteiger partial charge in [-0.05, 0) is 97.7 Å². The second-order valence-electron chi connectivity index (χ2n) is 16.2. The Morgan fingerprint density at radius 1 is 0.854 bits per heavy atom. The highest BCUT2D eigenvalue weighted by Gasteiger charge is 2.59. The van der Waals surface area contributed by atoms with E-state index in [0.29, 0.717) is 17.3 Å². The van der Waals surface area contributed by atoms with E-state index in [2.05, 4.69) is 47.6 Å². The molecule has 41 heavy (non-hydrogen) atoms. The van der Waals surface area contributed by atoms with Gasteiger partial charge in [0.15, 0.2) is 0 Å². The number of carbonyl (C=O) groups is 1. The average Bonchev–Trinajstić information content (AvgIpc) is 3.29. The fraction of sp³-hybridized carbons (Fsp3) is 0.923. The third kappa shape index (κ3) is 8.03. The number of hydrogen-bond acceptors (Lipinski definition) is 2. The first-order valence-electron chi connectivity index (χ1n) is 18.6. The van der Waals surface area contributed by atoms with Crippen molar-refractivity contribution in [2.75, 3.05) is 0 Å². The number of esters is 1. The topological polar surface area (TPSA) is 26.3 Å². The van der Waals surface area contributed by atoms with Gasteiger partial charge in [0, 0.05) is 12.8 Å². The first-order chi connectivity index (χ1) is 19.7. The van der Waals surface area contributed by atoms with Gasteiger partial charge >= 0.3 is 5.97 Å². The summed E-state index contributed by atoms with van der Waals surface area (Å²) in [5, 5.41) is 0. The Kier molecular flexibility index (Phi) is 12.3. The lowest BCUT2D eigenvalue weighted by atomic mass is 9.47. The summed E-state index contributed by atoms with van der Waals surface area (Å²) in [5.41, 5.74) is 2.54. The molecule has 2 heteroatoms. The zero-order chi connectivity index (χ0) is 29.5.